The molecule has 0 radical (unpaired) electrons. The second-order valence-electron chi connectivity index (χ2n) is 7.11. The second-order valence-corrected chi connectivity index (χ2v) is 9.33. The Balaban J connectivity index is 1.45. The average molecular weight is 478 g/mol. The highest BCUT2D eigenvalue weighted by Crippen LogP contribution is 2.37. The zero-order valence-corrected chi connectivity index (χ0v) is 19.7. The molecule has 4 rings (SSSR count). The van der Waals surface area contributed by atoms with Gasteiger partial charge < -0.3 is 15.4 Å². The lowest BCUT2D eigenvalue weighted by molar-refractivity contribution is -0.119. The average Bonchev–Trinajstić information content (AvgIpc) is 3.24. The molecule has 1 heterocycles. The fraction of sp³-hybridized carbons (Fsp3) is 0.160. The maximum Gasteiger partial charge on any atom is 0.262 e. The van der Waals surface area contributed by atoms with E-state index in [1.165, 1.54) is 23.1 Å². The van der Waals surface area contributed by atoms with E-state index in [1.54, 1.807) is 0 Å². The van der Waals surface area contributed by atoms with Crippen LogP contribution in [0.25, 0.3) is 22.0 Å². The summed E-state index contributed by atoms with van der Waals surface area (Å²) in [4.78, 5) is 29.1. The van der Waals surface area contributed by atoms with Crippen molar-refractivity contribution in [3.63, 3.8) is 0 Å². The number of thioether (sulfide) groups is 1. The van der Waals surface area contributed by atoms with Crippen molar-refractivity contribution in [1.82, 2.24) is 10.3 Å². The van der Waals surface area contributed by atoms with Gasteiger partial charge in [0.25, 0.3) is 5.91 Å². The highest BCUT2D eigenvalue weighted by Gasteiger charge is 2.17. The zero-order valence-electron chi connectivity index (χ0n) is 18.0. The SMILES string of the molecule is CCNC(=O)CSc1nc(-c2ccccc2)c(NC(=O)COc2ccc3ccccc3c2)s1. The number of nitrogens with one attached hydrogen (secondary N) is 2. The third-order valence-electron chi connectivity index (χ3n) is 4.70. The van der Waals surface area contributed by atoms with Crippen molar-refractivity contribution in [3.8, 4) is 17.0 Å². The molecule has 0 aliphatic heterocycles. The second kappa shape index (κ2) is 11.0. The fourth-order valence-corrected chi connectivity index (χ4v) is 5.09. The van der Waals surface area contributed by atoms with E-state index in [-0.39, 0.29) is 24.2 Å². The summed E-state index contributed by atoms with van der Waals surface area (Å²) >= 11 is 2.70. The Labute approximate surface area is 200 Å². The van der Waals surface area contributed by atoms with E-state index in [9.17, 15) is 9.59 Å². The first-order chi connectivity index (χ1) is 16.1. The number of carbonyl (C=O) groups excluding carboxylic acids is 2. The predicted molar refractivity (Wildman–Crippen MR) is 135 cm³/mol. The van der Waals surface area contributed by atoms with E-state index in [0.29, 0.717) is 27.3 Å². The minimum atomic E-state index is -0.274. The summed E-state index contributed by atoms with van der Waals surface area (Å²) in [6.07, 6.45) is 0. The highest BCUT2D eigenvalue weighted by molar-refractivity contribution is 8.01. The first-order valence-electron chi connectivity index (χ1n) is 10.5. The van der Waals surface area contributed by atoms with Gasteiger partial charge in [-0.05, 0) is 29.8 Å². The van der Waals surface area contributed by atoms with Crippen molar-refractivity contribution in [2.24, 2.45) is 0 Å². The number of hydrogen-bond donors (Lipinski definition) is 2. The summed E-state index contributed by atoms with van der Waals surface area (Å²) in [7, 11) is 0. The van der Waals surface area contributed by atoms with Crippen LogP contribution in [0.3, 0.4) is 0 Å². The zero-order chi connectivity index (χ0) is 23.0. The molecule has 0 aliphatic rings. The molecule has 0 bridgehead atoms. The molecule has 4 aromatic rings. The Morgan fingerprint density at radius 3 is 2.52 bits per heavy atom. The molecule has 0 atom stereocenters. The van der Waals surface area contributed by atoms with Crippen molar-refractivity contribution in [3.05, 3.63) is 72.8 Å². The molecule has 0 spiro atoms. The van der Waals surface area contributed by atoms with Crippen LogP contribution in [-0.4, -0.2) is 35.7 Å². The predicted octanol–water partition coefficient (Wildman–Crippen LogP) is 5.21. The number of fused-ring (bicyclic) bond motifs is 1. The van der Waals surface area contributed by atoms with Crippen LogP contribution in [-0.2, 0) is 9.59 Å². The van der Waals surface area contributed by atoms with Gasteiger partial charge in [0.05, 0.1) is 5.75 Å². The molecule has 3 aromatic carbocycles. The summed E-state index contributed by atoms with van der Waals surface area (Å²) < 4.78 is 6.43. The molecule has 1 aromatic heterocycles. The van der Waals surface area contributed by atoms with Crippen LogP contribution in [0, 0.1) is 0 Å². The molecule has 6 nitrogen and oxygen atoms in total. The number of benzene rings is 3. The van der Waals surface area contributed by atoms with Gasteiger partial charge in [-0.15, -0.1) is 0 Å². The number of aromatic nitrogens is 1. The van der Waals surface area contributed by atoms with E-state index in [2.05, 4.69) is 15.6 Å². The van der Waals surface area contributed by atoms with Gasteiger partial charge in [0.2, 0.25) is 5.91 Å². The van der Waals surface area contributed by atoms with E-state index in [1.807, 2.05) is 79.7 Å². The molecule has 168 valence electrons. The van der Waals surface area contributed by atoms with E-state index >= 15 is 0 Å². The minimum Gasteiger partial charge on any atom is -0.484 e. The van der Waals surface area contributed by atoms with Gasteiger partial charge in [0.1, 0.15) is 16.4 Å². The van der Waals surface area contributed by atoms with Crippen molar-refractivity contribution >= 4 is 50.7 Å². The van der Waals surface area contributed by atoms with E-state index in [4.69, 9.17) is 4.74 Å². The molecular weight excluding hydrogens is 454 g/mol. The molecule has 2 N–H and O–H groups in total. The summed E-state index contributed by atoms with van der Waals surface area (Å²) in [6.45, 7) is 2.35. The minimum absolute atomic E-state index is 0.0478. The molecule has 0 saturated heterocycles. The van der Waals surface area contributed by atoms with Crippen LogP contribution < -0.4 is 15.4 Å². The first-order valence-corrected chi connectivity index (χ1v) is 12.3. The topological polar surface area (TPSA) is 80.3 Å². The number of nitrogens with zero attached hydrogens (tertiary/aromatic N) is 1. The van der Waals surface area contributed by atoms with Crippen LogP contribution in [0.5, 0.6) is 5.75 Å². The largest absolute Gasteiger partial charge is 0.484 e. The van der Waals surface area contributed by atoms with Crippen LogP contribution in [0.1, 0.15) is 6.92 Å². The first kappa shape index (κ1) is 22.8. The number of hydrogen-bond acceptors (Lipinski definition) is 6. The fourth-order valence-electron chi connectivity index (χ4n) is 3.18. The molecule has 0 aliphatic carbocycles. The maximum atomic E-state index is 12.7. The van der Waals surface area contributed by atoms with Crippen LogP contribution in [0.15, 0.2) is 77.1 Å². The molecular formula is C25H23N3O3S2. The lowest BCUT2D eigenvalue weighted by atomic mass is 10.1. The Bertz CT molecular complexity index is 1260. The van der Waals surface area contributed by atoms with Gasteiger partial charge in [-0.2, -0.15) is 0 Å². The third-order valence-corrected chi connectivity index (χ3v) is 6.81. The van der Waals surface area contributed by atoms with E-state index < -0.39 is 0 Å². The molecule has 0 unspecified atom stereocenters. The normalized spacial score (nSPS) is 10.7. The molecule has 33 heavy (non-hydrogen) atoms. The molecule has 0 fully saturated rings. The van der Waals surface area contributed by atoms with E-state index in [0.717, 1.165) is 16.3 Å². The Hall–Kier alpha value is -3.36. The van der Waals surface area contributed by atoms with Crippen molar-refractivity contribution in [2.75, 3.05) is 24.2 Å². The number of amides is 2. The number of carbonyl (C=O) groups is 2. The Kier molecular flexibility index (Phi) is 7.59. The standard InChI is InChI=1S/C25H23N3O3S2/c1-2-26-22(30)16-32-25-28-23(18-9-4-3-5-10-18)24(33-25)27-21(29)15-31-20-13-12-17-8-6-7-11-19(17)14-20/h3-14H,2,15-16H2,1H3,(H,26,30)(H,27,29). The van der Waals surface area contributed by atoms with Gasteiger partial charge >= 0.3 is 0 Å². The highest BCUT2D eigenvalue weighted by atomic mass is 32.2. The smallest absolute Gasteiger partial charge is 0.262 e. The van der Waals surface area contributed by atoms with Crippen molar-refractivity contribution in [1.29, 1.82) is 0 Å². The summed E-state index contributed by atoms with van der Waals surface area (Å²) in [5, 5.41) is 8.50. The lowest BCUT2D eigenvalue weighted by Crippen LogP contribution is -2.24. The maximum absolute atomic E-state index is 12.7. The van der Waals surface area contributed by atoms with Crippen LogP contribution in [0.2, 0.25) is 0 Å². The van der Waals surface area contributed by atoms with Gasteiger partial charge in [-0.3, -0.25) is 9.59 Å². The molecule has 8 heteroatoms. The van der Waals surface area contributed by atoms with Crippen LogP contribution >= 0.6 is 23.1 Å². The number of rotatable bonds is 9. The number of thiazole rings is 1. The molecule has 2 amide bonds. The summed E-state index contributed by atoms with van der Waals surface area (Å²) in [5.41, 5.74) is 1.57. The van der Waals surface area contributed by atoms with Gasteiger partial charge in [0, 0.05) is 12.1 Å². The monoisotopic (exact) mass is 477 g/mol. The lowest BCUT2D eigenvalue weighted by Gasteiger charge is -2.08. The number of ether oxygens (including phenoxy) is 1. The van der Waals surface area contributed by atoms with Gasteiger partial charge in [-0.1, -0.05) is 83.8 Å². The Morgan fingerprint density at radius 1 is 0.970 bits per heavy atom. The van der Waals surface area contributed by atoms with Gasteiger partial charge in [-0.25, -0.2) is 4.98 Å². The Morgan fingerprint density at radius 2 is 1.73 bits per heavy atom. The molecule has 0 saturated carbocycles. The van der Waals surface area contributed by atoms with Crippen LogP contribution in [0.4, 0.5) is 5.00 Å². The number of anilines is 1. The van der Waals surface area contributed by atoms with Gasteiger partial charge in [0.15, 0.2) is 10.9 Å². The quantitative estimate of drug-likeness (QED) is 0.324. The third kappa shape index (κ3) is 6.12. The summed E-state index contributed by atoms with van der Waals surface area (Å²) in [5.74, 6) is 0.584. The summed E-state index contributed by atoms with van der Waals surface area (Å²) in [6, 6.07) is 23.4. The van der Waals surface area contributed by atoms with Crippen molar-refractivity contribution < 1.29 is 14.3 Å². The van der Waals surface area contributed by atoms with Crippen molar-refractivity contribution in [2.45, 2.75) is 11.3 Å².